The van der Waals surface area contributed by atoms with Crippen LogP contribution in [0, 0.1) is 0 Å². The third kappa shape index (κ3) is 2.76. The quantitative estimate of drug-likeness (QED) is 0.923. The van der Waals surface area contributed by atoms with Crippen molar-refractivity contribution in [2.45, 2.75) is 6.04 Å². The smallest absolute Gasteiger partial charge is 0.133 e. The number of anilines is 1. The van der Waals surface area contributed by atoms with Crippen molar-refractivity contribution < 1.29 is 0 Å². The largest absolute Gasteiger partial charge is 0.368 e. The highest BCUT2D eigenvalue weighted by molar-refractivity contribution is 5.91. The number of rotatable bonds is 3. The fourth-order valence-corrected chi connectivity index (χ4v) is 2.80. The minimum Gasteiger partial charge on any atom is -0.368 e. The number of pyridine rings is 1. The third-order valence-corrected chi connectivity index (χ3v) is 4.16. The van der Waals surface area contributed by atoms with Gasteiger partial charge >= 0.3 is 0 Å². The first-order chi connectivity index (χ1) is 9.74. The van der Waals surface area contributed by atoms with Crippen LogP contribution in [0.3, 0.4) is 0 Å². The summed E-state index contributed by atoms with van der Waals surface area (Å²) >= 11 is 0. The molecular formula is C16H22N4. The number of aromatic nitrogens is 1. The average molecular weight is 270 g/mol. The zero-order chi connectivity index (χ0) is 13.9. The lowest BCUT2D eigenvalue weighted by Gasteiger charge is -2.37. The van der Waals surface area contributed by atoms with E-state index in [2.05, 4.69) is 64.5 Å². The van der Waals surface area contributed by atoms with Crippen LogP contribution in [0.4, 0.5) is 5.82 Å². The number of hydrogen-bond donors (Lipinski definition) is 1. The Morgan fingerprint density at radius 2 is 2.05 bits per heavy atom. The van der Waals surface area contributed by atoms with Crippen molar-refractivity contribution in [2.24, 2.45) is 0 Å². The van der Waals surface area contributed by atoms with E-state index in [1.54, 1.807) is 0 Å². The molecule has 2 aromatic rings. The minimum absolute atomic E-state index is 0.537. The van der Waals surface area contributed by atoms with Gasteiger partial charge < -0.3 is 10.2 Å². The topological polar surface area (TPSA) is 31.4 Å². The summed E-state index contributed by atoms with van der Waals surface area (Å²) < 4.78 is 0. The molecule has 1 fully saturated rings. The van der Waals surface area contributed by atoms with Crippen molar-refractivity contribution in [1.29, 1.82) is 0 Å². The van der Waals surface area contributed by atoms with Crippen LogP contribution in [0.15, 0.2) is 36.5 Å². The lowest BCUT2D eigenvalue weighted by Crippen LogP contribution is -2.52. The number of fused-ring (bicyclic) bond motifs is 1. The standard InChI is InChI=1S/C16H22N4/c1-19-9-10-20(2)14(12-19)11-18-16-15-6-4-3-5-13(15)7-8-17-16/h3-8,14H,9-12H2,1-2H3,(H,17,18). The Morgan fingerprint density at radius 3 is 2.95 bits per heavy atom. The summed E-state index contributed by atoms with van der Waals surface area (Å²) in [6, 6.07) is 11.0. The SMILES string of the molecule is CN1CCN(C)C(CNc2nccc3ccccc23)C1. The molecule has 0 radical (unpaired) electrons. The summed E-state index contributed by atoms with van der Waals surface area (Å²) in [5, 5.41) is 5.96. The monoisotopic (exact) mass is 270 g/mol. The molecule has 0 amide bonds. The molecule has 2 heterocycles. The maximum atomic E-state index is 4.49. The van der Waals surface area contributed by atoms with E-state index in [1.165, 1.54) is 10.8 Å². The van der Waals surface area contributed by atoms with Crippen molar-refractivity contribution in [3.05, 3.63) is 36.5 Å². The summed E-state index contributed by atoms with van der Waals surface area (Å²) in [5.74, 6) is 0.990. The van der Waals surface area contributed by atoms with Crippen molar-refractivity contribution in [1.82, 2.24) is 14.8 Å². The van der Waals surface area contributed by atoms with Crippen LogP contribution in [0.5, 0.6) is 0 Å². The molecular weight excluding hydrogens is 248 g/mol. The zero-order valence-electron chi connectivity index (χ0n) is 12.2. The molecule has 1 aliphatic heterocycles. The number of likely N-dealkylation sites (N-methyl/N-ethyl adjacent to an activating group) is 2. The molecule has 1 unspecified atom stereocenters. The molecule has 1 aromatic heterocycles. The first-order valence-corrected chi connectivity index (χ1v) is 7.20. The van der Waals surface area contributed by atoms with E-state index in [1.807, 2.05) is 6.20 Å². The molecule has 1 aromatic carbocycles. The van der Waals surface area contributed by atoms with E-state index >= 15 is 0 Å². The maximum absolute atomic E-state index is 4.49. The first kappa shape index (κ1) is 13.3. The molecule has 4 nitrogen and oxygen atoms in total. The average Bonchev–Trinajstić information content (AvgIpc) is 2.48. The number of hydrogen-bond acceptors (Lipinski definition) is 4. The molecule has 1 N–H and O–H groups in total. The fourth-order valence-electron chi connectivity index (χ4n) is 2.80. The molecule has 1 saturated heterocycles. The molecule has 0 aliphatic carbocycles. The highest BCUT2D eigenvalue weighted by Crippen LogP contribution is 2.20. The van der Waals surface area contributed by atoms with Gasteiger partial charge in [-0.15, -0.1) is 0 Å². The normalized spacial score (nSPS) is 21.2. The van der Waals surface area contributed by atoms with Crippen molar-refractivity contribution in [3.8, 4) is 0 Å². The van der Waals surface area contributed by atoms with Gasteiger partial charge in [0.25, 0.3) is 0 Å². The lowest BCUT2D eigenvalue weighted by molar-refractivity contribution is 0.122. The molecule has 0 spiro atoms. The van der Waals surface area contributed by atoms with Gasteiger partial charge in [0.05, 0.1) is 0 Å². The second-order valence-corrected chi connectivity index (χ2v) is 5.66. The summed E-state index contributed by atoms with van der Waals surface area (Å²) in [5.41, 5.74) is 0. The number of benzene rings is 1. The van der Waals surface area contributed by atoms with Gasteiger partial charge in [-0.1, -0.05) is 24.3 Å². The van der Waals surface area contributed by atoms with Gasteiger partial charge in [-0.2, -0.15) is 0 Å². The Morgan fingerprint density at radius 1 is 1.20 bits per heavy atom. The Labute approximate surface area is 120 Å². The summed E-state index contributed by atoms with van der Waals surface area (Å²) in [6.07, 6.45) is 1.88. The van der Waals surface area contributed by atoms with Gasteiger partial charge in [-0.25, -0.2) is 4.98 Å². The van der Waals surface area contributed by atoms with Gasteiger partial charge in [0.2, 0.25) is 0 Å². The molecule has 106 valence electrons. The van der Waals surface area contributed by atoms with E-state index in [4.69, 9.17) is 0 Å². The Balaban J connectivity index is 1.73. The van der Waals surface area contributed by atoms with Crippen LogP contribution in [0.2, 0.25) is 0 Å². The summed E-state index contributed by atoms with van der Waals surface area (Å²) in [7, 11) is 4.39. The third-order valence-electron chi connectivity index (χ3n) is 4.16. The molecule has 1 atom stereocenters. The Hall–Kier alpha value is -1.65. The van der Waals surface area contributed by atoms with Crippen LogP contribution >= 0.6 is 0 Å². The second kappa shape index (κ2) is 5.77. The summed E-state index contributed by atoms with van der Waals surface area (Å²) in [4.78, 5) is 9.31. The van der Waals surface area contributed by atoms with Crippen LogP contribution in [-0.2, 0) is 0 Å². The molecule has 0 saturated carbocycles. The van der Waals surface area contributed by atoms with E-state index in [0.29, 0.717) is 6.04 Å². The van der Waals surface area contributed by atoms with Gasteiger partial charge in [-0.05, 0) is 25.5 Å². The van der Waals surface area contributed by atoms with Gasteiger partial charge in [-0.3, -0.25) is 4.90 Å². The van der Waals surface area contributed by atoms with E-state index < -0.39 is 0 Å². The maximum Gasteiger partial charge on any atom is 0.133 e. The Kier molecular flexibility index (Phi) is 3.85. The van der Waals surface area contributed by atoms with E-state index in [9.17, 15) is 0 Å². The molecule has 0 bridgehead atoms. The second-order valence-electron chi connectivity index (χ2n) is 5.66. The van der Waals surface area contributed by atoms with Crippen LogP contribution in [0.25, 0.3) is 10.8 Å². The molecule has 3 rings (SSSR count). The lowest BCUT2D eigenvalue weighted by atomic mass is 10.1. The highest BCUT2D eigenvalue weighted by Gasteiger charge is 2.21. The number of nitrogens with one attached hydrogen (secondary N) is 1. The van der Waals surface area contributed by atoms with Crippen molar-refractivity contribution in [3.63, 3.8) is 0 Å². The predicted molar refractivity (Wildman–Crippen MR) is 84.1 cm³/mol. The van der Waals surface area contributed by atoms with Crippen molar-refractivity contribution in [2.75, 3.05) is 45.6 Å². The minimum atomic E-state index is 0.537. The van der Waals surface area contributed by atoms with Gasteiger partial charge in [0.15, 0.2) is 0 Å². The van der Waals surface area contributed by atoms with Crippen LogP contribution < -0.4 is 5.32 Å². The summed E-state index contributed by atoms with van der Waals surface area (Å²) in [6.45, 7) is 4.32. The Bertz CT molecular complexity index is 578. The van der Waals surface area contributed by atoms with Gasteiger partial charge in [0.1, 0.15) is 5.82 Å². The van der Waals surface area contributed by atoms with E-state index in [0.717, 1.165) is 32.0 Å². The first-order valence-electron chi connectivity index (χ1n) is 7.20. The number of nitrogens with zero attached hydrogens (tertiary/aromatic N) is 3. The van der Waals surface area contributed by atoms with E-state index in [-0.39, 0.29) is 0 Å². The van der Waals surface area contributed by atoms with Gasteiger partial charge in [0, 0.05) is 43.8 Å². The number of piperazine rings is 1. The molecule has 1 aliphatic rings. The molecule has 20 heavy (non-hydrogen) atoms. The van der Waals surface area contributed by atoms with Crippen LogP contribution in [0.1, 0.15) is 0 Å². The zero-order valence-corrected chi connectivity index (χ0v) is 12.2. The highest BCUT2D eigenvalue weighted by atomic mass is 15.3. The van der Waals surface area contributed by atoms with Crippen LogP contribution in [-0.4, -0.2) is 61.1 Å². The molecule has 4 heteroatoms. The van der Waals surface area contributed by atoms with Crippen molar-refractivity contribution >= 4 is 16.6 Å². The fraction of sp³-hybridized carbons (Fsp3) is 0.438. The predicted octanol–water partition coefficient (Wildman–Crippen LogP) is 1.89.